The Morgan fingerprint density at radius 3 is 2.62 bits per heavy atom. The van der Waals surface area contributed by atoms with Crippen molar-refractivity contribution in [2.45, 2.75) is 25.7 Å². The molecule has 144 valence electrons. The highest BCUT2D eigenvalue weighted by molar-refractivity contribution is 8.76. The first-order valence-electron chi connectivity index (χ1n) is 8.79. The maximum atomic E-state index is 12.7. The van der Waals surface area contributed by atoms with Crippen LogP contribution in [0.3, 0.4) is 0 Å². The molecule has 0 atom stereocenters. The smallest absolute Gasteiger partial charge is 0.304 e. The minimum atomic E-state index is -0.783. The molecule has 0 aromatic heterocycles. The van der Waals surface area contributed by atoms with E-state index < -0.39 is 5.97 Å². The van der Waals surface area contributed by atoms with Crippen LogP contribution in [-0.4, -0.2) is 55.2 Å². The predicted octanol–water partition coefficient (Wildman–Crippen LogP) is 3.27. The lowest BCUT2D eigenvalue weighted by Gasteiger charge is -2.30. The highest BCUT2D eigenvalue weighted by Gasteiger charge is 2.19. The molecular weight excluding hydrogens is 372 g/mol. The lowest BCUT2D eigenvalue weighted by molar-refractivity contribution is -0.136. The summed E-state index contributed by atoms with van der Waals surface area (Å²) in [6.07, 6.45) is 3.70. The number of anilines is 1. The van der Waals surface area contributed by atoms with Gasteiger partial charge in [0, 0.05) is 36.8 Å². The summed E-state index contributed by atoms with van der Waals surface area (Å²) < 4.78 is 5.28. The number of carboxylic acid groups (broad SMARTS) is 1. The van der Waals surface area contributed by atoms with Crippen molar-refractivity contribution in [2.75, 3.05) is 43.1 Å². The van der Waals surface area contributed by atoms with Crippen LogP contribution in [0.15, 0.2) is 18.2 Å². The molecule has 1 aliphatic heterocycles. The van der Waals surface area contributed by atoms with E-state index in [4.69, 9.17) is 9.84 Å². The lowest BCUT2D eigenvalue weighted by atomic mass is 10.1. The Morgan fingerprint density at radius 1 is 1.19 bits per heavy atom. The number of hydrogen-bond acceptors (Lipinski definition) is 6. The first kappa shape index (κ1) is 20.8. The van der Waals surface area contributed by atoms with E-state index in [1.807, 2.05) is 12.1 Å². The highest BCUT2D eigenvalue weighted by Crippen LogP contribution is 2.28. The van der Waals surface area contributed by atoms with Gasteiger partial charge in [-0.2, -0.15) is 0 Å². The number of carbonyl (C=O) groups excluding carboxylic acids is 1. The number of nitrogens with one attached hydrogen (secondary N) is 1. The van der Waals surface area contributed by atoms with Crippen molar-refractivity contribution < 1.29 is 19.4 Å². The second kappa shape index (κ2) is 11.2. The molecule has 26 heavy (non-hydrogen) atoms. The third-order valence-corrected chi connectivity index (χ3v) is 6.51. The third kappa shape index (κ3) is 6.64. The van der Waals surface area contributed by atoms with Crippen molar-refractivity contribution in [3.8, 4) is 5.75 Å². The van der Waals surface area contributed by atoms with Crippen molar-refractivity contribution >= 4 is 39.2 Å². The number of aliphatic carboxylic acids is 1. The Morgan fingerprint density at radius 2 is 1.92 bits per heavy atom. The average Bonchev–Trinajstić information content (AvgIpc) is 2.67. The molecule has 1 saturated heterocycles. The summed E-state index contributed by atoms with van der Waals surface area (Å²) >= 11 is 0. The number of piperidine rings is 1. The average molecular weight is 399 g/mol. The Kier molecular flexibility index (Phi) is 8.97. The summed E-state index contributed by atoms with van der Waals surface area (Å²) in [5.41, 5.74) is 1.61. The van der Waals surface area contributed by atoms with E-state index >= 15 is 0 Å². The number of amides is 1. The zero-order valence-corrected chi connectivity index (χ0v) is 16.7. The standard InChI is InChI=1S/C18H26N2O4S2/c1-24-14-5-6-16(20-9-3-2-4-10-20)15(13-14)18(23)19-8-12-26-25-11-7-17(21)22/h5-6,13H,2-4,7-12H2,1H3,(H,19,23)(H,21,22). The maximum Gasteiger partial charge on any atom is 0.304 e. The maximum absolute atomic E-state index is 12.7. The minimum absolute atomic E-state index is 0.0967. The molecule has 0 saturated carbocycles. The van der Waals surface area contributed by atoms with Gasteiger partial charge in [0.15, 0.2) is 0 Å². The summed E-state index contributed by atoms with van der Waals surface area (Å²) in [7, 11) is 4.69. The Hall–Kier alpha value is -1.54. The number of carboxylic acids is 1. The molecule has 0 spiro atoms. The van der Waals surface area contributed by atoms with Gasteiger partial charge < -0.3 is 20.1 Å². The first-order chi connectivity index (χ1) is 12.6. The normalized spacial score (nSPS) is 14.1. The van der Waals surface area contributed by atoms with E-state index in [1.165, 1.54) is 17.2 Å². The van der Waals surface area contributed by atoms with Crippen LogP contribution in [-0.2, 0) is 4.79 Å². The second-order valence-corrected chi connectivity index (χ2v) is 8.68. The largest absolute Gasteiger partial charge is 0.497 e. The molecule has 6 nitrogen and oxygen atoms in total. The van der Waals surface area contributed by atoms with E-state index in [1.54, 1.807) is 24.0 Å². The van der Waals surface area contributed by atoms with Gasteiger partial charge in [-0.15, -0.1) is 0 Å². The quantitative estimate of drug-likeness (QED) is 0.462. The first-order valence-corrected chi connectivity index (χ1v) is 11.3. The minimum Gasteiger partial charge on any atom is -0.497 e. The zero-order chi connectivity index (χ0) is 18.8. The number of ether oxygens (including phenoxy) is 1. The molecule has 0 unspecified atom stereocenters. The van der Waals surface area contributed by atoms with Crippen LogP contribution in [0.4, 0.5) is 5.69 Å². The molecule has 2 rings (SSSR count). The lowest BCUT2D eigenvalue weighted by Crippen LogP contribution is -2.33. The number of methoxy groups -OCH3 is 1. The third-order valence-electron chi connectivity index (χ3n) is 4.10. The second-order valence-electron chi connectivity index (χ2n) is 5.97. The summed E-state index contributed by atoms with van der Waals surface area (Å²) in [6.45, 7) is 2.49. The summed E-state index contributed by atoms with van der Waals surface area (Å²) in [6, 6.07) is 5.67. The van der Waals surface area contributed by atoms with Gasteiger partial charge >= 0.3 is 5.97 Å². The van der Waals surface area contributed by atoms with Crippen molar-refractivity contribution in [3.05, 3.63) is 23.8 Å². The molecular formula is C18H26N2O4S2. The SMILES string of the molecule is COc1ccc(N2CCCCC2)c(C(=O)NCCSSCCC(=O)O)c1. The molecule has 2 N–H and O–H groups in total. The van der Waals surface area contributed by atoms with Crippen LogP contribution in [0.5, 0.6) is 5.75 Å². The zero-order valence-electron chi connectivity index (χ0n) is 15.0. The van der Waals surface area contributed by atoms with Crippen LogP contribution in [0.2, 0.25) is 0 Å². The molecule has 0 aliphatic carbocycles. The molecule has 1 aliphatic rings. The monoisotopic (exact) mass is 398 g/mol. The fourth-order valence-corrected chi connectivity index (χ4v) is 4.67. The Balaban J connectivity index is 1.88. The summed E-state index contributed by atoms with van der Waals surface area (Å²) in [4.78, 5) is 25.4. The highest BCUT2D eigenvalue weighted by atomic mass is 33.1. The van der Waals surface area contributed by atoms with Crippen molar-refractivity contribution in [3.63, 3.8) is 0 Å². The Labute approximate surface area is 162 Å². The summed E-state index contributed by atoms with van der Waals surface area (Å²) in [5.74, 6) is 1.10. The number of benzene rings is 1. The molecule has 0 bridgehead atoms. The molecule has 1 fully saturated rings. The van der Waals surface area contributed by atoms with E-state index in [0.717, 1.165) is 37.4 Å². The van der Waals surface area contributed by atoms with Crippen LogP contribution < -0.4 is 15.0 Å². The number of nitrogens with zero attached hydrogens (tertiary/aromatic N) is 1. The van der Waals surface area contributed by atoms with Gasteiger partial charge in [-0.3, -0.25) is 9.59 Å². The van der Waals surface area contributed by atoms with Gasteiger partial charge in [-0.25, -0.2) is 0 Å². The van der Waals surface area contributed by atoms with E-state index in [-0.39, 0.29) is 12.3 Å². The van der Waals surface area contributed by atoms with Crippen molar-refractivity contribution in [2.24, 2.45) is 0 Å². The van der Waals surface area contributed by atoms with Gasteiger partial charge in [0.1, 0.15) is 5.75 Å². The fourth-order valence-electron chi connectivity index (χ4n) is 2.78. The molecule has 1 heterocycles. The van der Waals surface area contributed by atoms with Crippen molar-refractivity contribution in [1.82, 2.24) is 5.32 Å². The van der Waals surface area contributed by atoms with Gasteiger partial charge in [0.25, 0.3) is 5.91 Å². The number of rotatable bonds is 10. The van der Waals surface area contributed by atoms with Gasteiger partial charge in [0.2, 0.25) is 0 Å². The predicted molar refractivity (Wildman–Crippen MR) is 109 cm³/mol. The molecule has 0 radical (unpaired) electrons. The summed E-state index contributed by atoms with van der Waals surface area (Å²) in [5, 5.41) is 11.6. The van der Waals surface area contributed by atoms with Gasteiger partial charge in [-0.05, 0) is 37.5 Å². The molecule has 8 heteroatoms. The molecule has 1 aromatic carbocycles. The van der Waals surface area contributed by atoms with Crippen LogP contribution in [0.1, 0.15) is 36.0 Å². The molecule has 1 amide bonds. The van der Waals surface area contributed by atoms with E-state index in [9.17, 15) is 9.59 Å². The molecule has 1 aromatic rings. The topological polar surface area (TPSA) is 78.9 Å². The van der Waals surface area contributed by atoms with Crippen molar-refractivity contribution in [1.29, 1.82) is 0 Å². The van der Waals surface area contributed by atoms with Gasteiger partial charge in [-0.1, -0.05) is 21.6 Å². The van der Waals surface area contributed by atoms with E-state index in [0.29, 0.717) is 23.6 Å². The van der Waals surface area contributed by atoms with E-state index in [2.05, 4.69) is 10.2 Å². The Bertz CT molecular complexity index is 607. The fraction of sp³-hybridized carbons (Fsp3) is 0.556. The van der Waals surface area contributed by atoms with Crippen LogP contribution in [0, 0.1) is 0 Å². The van der Waals surface area contributed by atoms with Crippen LogP contribution in [0.25, 0.3) is 0 Å². The van der Waals surface area contributed by atoms with Crippen LogP contribution >= 0.6 is 21.6 Å². The number of hydrogen-bond donors (Lipinski definition) is 2. The number of carbonyl (C=O) groups is 2. The van der Waals surface area contributed by atoms with Gasteiger partial charge in [0.05, 0.1) is 19.1 Å².